The Bertz CT molecular complexity index is 559. The van der Waals surface area contributed by atoms with Gasteiger partial charge in [-0.3, -0.25) is 0 Å². The normalized spacial score (nSPS) is 10.6. The Morgan fingerprint density at radius 3 is 2.67 bits per heavy atom. The molecule has 0 atom stereocenters. The fraction of sp³-hybridized carbons (Fsp3) is 0.111. The van der Waals surface area contributed by atoms with E-state index in [0.717, 1.165) is 16.8 Å². The van der Waals surface area contributed by atoms with Crippen molar-refractivity contribution >= 4 is 0 Å². The summed E-state index contributed by atoms with van der Waals surface area (Å²) in [4.78, 5) is 14.4. The average molecular weight is 211 g/mol. The molecule has 0 aliphatic rings. The molecule has 0 aliphatic carbocycles. The largest absolute Gasteiger partial charge is 0.361 e. The van der Waals surface area contributed by atoms with Crippen LogP contribution in [-0.2, 0) is 0 Å². The lowest BCUT2D eigenvalue weighted by atomic mass is 10.3. The van der Waals surface area contributed by atoms with Crippen molar-refractivity contribution in [3.05, 3.63) is 46.1 Å². The number of hydrogen-bond donors (Lipinski definition) is 1. The van der Waals surface area contributed by atoms with E-state index < -0.39 is 17.3 Å². The summed E-state index contributed by atoms with van der Waals surface area (Å²) in [5.74, 6) is -1.12. The third-order valence-corrected chi connectivity index (χ3v) is 1.95. The summed E-state index contributed by atoms with van der Waals surface area (Å²) in [5.41, 5.74) is -0.514. The van der Waals surface area contributed by atoms with Crippen molar-refractivity contribution in [2.24, 2.45) is 0 Å². The van der Waals surface area contributed by atoms with Crippen LogP contribution in [0.1, 0.15) is 5.82 Å². The zero-order chi connectivity index (χ0) is 11.0. The van der Waals surface area contributed by atoms with Gasteiger partial charge in [0.2, 0.25) is 0 Å². The number of aromatic amines is 1. The van der Waals surface area contributed by atoms with E-state index in [1.165, 1.54) is 6.07 Å². The number of hydrogen-bond acceptors (Lipinski definition) is 2. The summed E-state index contributed by atoms with van der Waals surface area (Å²) in [6, 6.07) is 3.08. The molecule has 0 spiro atoms. The Balaban J connectivity index is 2.64. The van der Waals surface area contributed by atoms with Crippen LogP contribution in [0.15, 0.2) is 23.0 Å². The highest BCUT2D eigenvalue weighted by atomic mass is 19.1. The van der Waals surface area contributed by atoms with Crippen molar-refractivity contribution in [2.45, 2.75) is 6.92 Å². The predicted molar refractivity (Wildman–Crippen MR) is 48.8 cm³/mol. The van der Waals surface area contributed by atoms with E-state index in [0.29, 0.717) is 5.82 Å². The van der Waals surface area contributed by atoms with E-state index in [9.17, 15) is 13.6 Å². The van der Waals surface area contributed by atoms with Gasteiger partial charge in [0.1, 0.15) is 17.3 Å². The maximum Gasteiger partial charge on any atom is 0.361 e. The molecule has 78 valence electrons. The third kappa shape index (κ3) is 1.65. The first-order valence-electron chi connectivity index (χ1n) is 4.19. The van der Waals surface area contributed by atoms with E-state index in [1.54, 1.807) is 6.92 Å². The van der Waals surface area contributed by atoms with Gasteiger partial charge in [-0.15, -0.1) is 0 Å². The van der Waals surface area contributed by atoms with Gasteiger partial charge in [-0.2, -0.15) is 4.98 Å². The first kappa shape index (κ1) is 9.57. The Hall–Kier alpha value is -1.98. The number of halogens is 2. The SMILES string of the molecule is Cc1nc(=O)[nH]n1-c1ccc(F)cc1F. The number of benzene rings is 1. The first-order chi connectivity index (χ1) is 7.08. The number of H-pyrrole nitrogens is 1. The molecule has 0 fully saturated rings. The maximum absolute atomic E-state index is 13.3. The molecule has 0 saturated carbocycles. The average Bonchev–Trinajstić information content (AvgIpc) is 2.45. The van der Waals surface area contributed by atoms with Crippen LogP contribution < -0.4 is 5.69 Å². The Morgan fingerprint density at radius 2 is 2.13 bits per heavy atom. The highest BCUT2D eigenvalue weighted by molar-refractivity contribution is 5.33. The second-order valence-electron chi connectivity index (χ2n) is 3.01. The van der Waals surface area contributed by atoms with Crippen molar-refractivity contribution in [1.82, 2.24) is 14.8 Å². The monoisotopic (exact) mass is 211 g/mol. The molecule has 0 unspecified atom stereocenters. The van der Waals surface area contributed by atoms with Crippen LogP contribution in [0.25, 0.3) is 5.69 Å². The maximum atomic E-state index is 13.3. The first-order valence-corrected chi connectivity index (χ1v) is 4.19. The lowest BCUT2D eigenvalue weighted by molar-refractivity contribution is 0.572. The van der Waals surface area contributed by atoms with Gasteiger partial charge >= 0.3 is 5.69 Å². The molecule has 2 aromatic rings. The molecule has 0 bridgehead atoms. The van der Waals surface area contributed by atoms with E-state index in [2.05, 4.69) is 10.1 Å². The van der Waals surface area contributed by atoms with Crippen molar-refractivity contribution < 1.29 is 8.78 Å². The summed E-state index contributed by atoms with van der Waals surface area (Å²) >= 11 is 0. The van der Waals surface area contributed by atoms with E-state index >= 15 is 0 Å². The number of nitrogens with zero attached hydrogens (tertiary/aromatic N) is 2. The smallest absolute Gasteiger partial charge is 0.244 e. The van der Waals surface area contributed by atoms with Crippen LogP contribution in [-0.4, -0.2) is 14.8 Å². The van der Waals surface area contributed by atoms with Gasteiger partial charge in [0.25, 0.3) is 0 Å². The minimum absolute atomic E-state index is 0.0588. The number of nitrogens with one attached hydrogen (secondary N) is 1. The molecule has 1 aromatic heterocycles. The molecule has 15 heavy (non-hydrogen) atoms. The van der Waals surface area contributed by atoms with Crippen molar-refractivity contribution in [1.29, 1.82) is 0 Å². The molecule has 2 rings (SSSR count). The minimum atomic E-state index is -0.758. The standard InChI is InChI=1S/C9H7F2N3O/c1-5-12-9(15)13-14(5)8-3-2-6(10)4-7(8)11/h2-4H,1H3,(H,13,15). The molecule has 0 aliphatic heterocycles. The molecule has 0 amide bonds. The molecule has 1 aromatic carbocycles. The lowest BCUT2D eigenvalue weighted by Crippen LogP contribution is -2.06. The Morgan fingerprint density at radius 1 is 1.40 bits per heavy atom. The van der Waals surface area contributed by atoms with Gasteiger partial charge in [0.05, 0.1) is 0 Å². The molecular weight excluding hydrogens is 204 g/mol. The number of aryl methyl sites for hydroxylation is 1. The van der Waals surface area contributed by atoms with E-state index in [1.807, 2.05) is 0 Å². The Kier molecular flexibility index (Phi) is 2.11. The highest BCUT2D eigenvalue weighted by Crippen LogP contribution is 2.13. The van der Waals surface area contributed by atoms with Crippen LogP contribution in [0.4, 0.5) is 8.78 Å². The fourth-order valence-electron chi connectivity index (χ4n) is 1.30. The van der Waals surface area contributed by atoms with Crippen molar-refractivity contribution in [3.8, 4) is 5.69 Å². The summed E-state index contributed by atoms with van der Waals surface area (Å²) in [7, 11) is 0. The Labute approximate surface area is 83.2 Å². The van der Waals surface area contributed by atoms with Gasteiger partial charge in [-0.25, -0.2) is 23.4 Å². The highest BCUT2D eigenvalue weighted by Gasteiger charge is 2.09. The van der Waals surface area contributed by atoms with E-state index in [-0.39, 0.29) is 5.69 Å². The molecular formula is C9H7F2N3O. The summed E-state index contributed by atoms with van der Waals surface area (Å²) in [6.45, 7) is 1.54. The number of rotatable bonds is 1. The fourth-order valence-corrected chi connectivity index (χ4v) is 1.30. The van der Waals surface area contributed by atoms with Crippen LogP contribution >= 0.6 is 0 Å². The van der Waals surface area contributed by atoms with Crippen molar-refractivity contribution in [2.75, 3.05) is 0 Å². The predicted octanol–water partition coefficient (Wildman–Crippen LogP) is 1.15. The number of aromatic nitrogens is 3. The van der Waals surface area contributed by atoms with Gasteiger partial charge < -0.3 is 0 Å². The van der Waals surface area contributed by atoms with Crippen LogP contribution in [0.3, 0.4) is 0 Å². The quantitative estimate of drug-likeness (QED) is 0.769. The van der Waals surface area contributed by atoms with Crippen LogP contribution in [0.2, 0.25) is 0 Å². The molecule has 0 saturated heterocycles. The minimum Gasteiger partial charge on any atom is -0.244 e. The van der Waals surface area contributed by atoms with Crippen LogP contribution in [0.5, 0.6) is 0 Å². The molecule has 0 radical (unpaired) electrons. The summed E-state index contributed by atoms with van der Waals surface area (Å²) in [5, 5.41) is 2.31. The molecule has 6 heteroatoms. The van der Waals surface area contributed by atoms with Gasteiger partial charge in [0, 0.05) is 6.07 Å². The van der Waals surface area contributed by atoms with Gasteiger partial charge in [0.15, 0.2) is 5.82 Å². The topological polar surface area (TPSA) is 50.7 Å². The van der Waals surface area contributed by atoms with Gasteiger partial charge in [-0.05, 0) is 19.1 Å². The molecule has 4 nitrogen and oxygen atoms in total. The third-order valence-electron chi connectivity index (χ3n) is 1.95. The molecule has 1 heterocycles. The zero-order valence-corrected chi connectivity index (χ0v) is 7.79. The van der Waals surface area contributed by atoms with E-state index in [4.69, 9.17) is 0 Å². The second kappa shape index (κ2) is 3.30. The summed E-state index contributed by atoms with van der Waals surface area (Å²) < 4.78 is 27.1. The lowest BCUT2D eigenvalue weighted by Gasteiger charge is -2.04. The van der Waals surface area contributed by atoms with Crippen molar-refractivity contribution in [3.63, 3.8) is 0 Å². The summed E-state index contributed by atoms with van der Waals surface area (Å²) in [6.07, 6.45) is 0. The van der Waals surface area contributed by atoms with Crippen LogP contribution in [0, 0.1) is 18.6 Å². The zero-order valence-electron chi connectivity index (χ0n) is 7.79. The van der Waals surface area contributed by atoms with Gasteiger partial charge in [-0.1, -0.05) is 0 Å². The second-order valence-corrected chi connectivity index (χ2v) is 3.01. The molecule has 1 N–H and O–H groups in total.